The molecule has 0 radical (unpaired) electrons. The Kier molecular flexibility index (Phi) is 4.23. The van der Waals surface area contributed by atoms with E-state index in [0.717, 1.165) is 12.0 Å². The summed E-state index contributed by atoms with van der Waals surface area (Å²) in [6.07, 6.45) is 4.10. The van der Waals surface area contributed by atoms with Crippen LogP contribution < -0.4 is 0 Å². The van der Waals surface area contributed by atoms with Crippen LogP contribution in [0, 0.1) is 0 Å². The first-order valence-corrected chi connectivity index (χ1v) is 5.76. The number of aromatic nitrogens is 1. The Bertz CT molecular complexity index is 397. The Morgan fingerprint density at radius 3 is 2.71 bits per heavy atom. The summed E-state index contributed by atoms with van der Waals surface area (Å²) < 4.78 is 0. The molecule has 0 aliphatic rings. The third-order valence-corrected chi connectivity index (χ3v) is 2.49. The van der Waals surface area contributed by atoms with Crippen LogP contribution in [-0.2, 0) is 6.42 Å². The van der Waals surface area contributed by atoms with Crippen molar-refractivity contribution in [2.24, 2.45) is 0 Å². The fraction of sp³-hybridized carbons (Fsp3) is 0.538. The second kappa shape index (κ2) is 5.27. The van der Waals surface area contributed by atoms with Gasteiger partial charge in [-0.3, -0.25) is 9.78 Å². The van der Waals surface area contributed by atoms with E-state index in [2.05, 4.69) is 4.98 Å². The zero-order valence-corrected chi connectivity index (χ0v) is 10.9. The van der Waals surface area contributed by atoms with E-state index in [-0.39, 0.29) is 5.91 Å². The SMILES string of the molecule is CCc1cnccc1C(=O)N(C)CC(C)(C)O. The second-order valence-electron chi connectivity index (χ2n) is 4.86. The van der Waals surface area contributed by atoms with Gasteiger partial charge in [-0.2, -0.15) is 0 Å². The zero-order valence-electron chi connectivity index (χ0n) is 10.9. The number of hydrogen-bond donors (Lipinski definition) is 1. The molecule has 1 aromatic heterocycles. The van der Waals surface area contributed by atoms with Crippen molar-refractivity contribution < 1.29 is 9.90 Å². The number of pyridine rings is 1. The Morgan fingerprint density at radius 1 is 1.53 bits per heavy atom. The van der Waals surface area contributed by atoms with Crippen molar-refractivity contribution in [2.75, 3.05) is 13.6 Å². The smallest absolute Gasteiger partial charge is 0.254 e. The molecule has 0 saturated heterocycles. The Morgan fingerprint density at radius 2 is 2.18 bits per heavy atom. The molecule has 0 bridgehead atoms. The lowest BCUT2D eigenvalue weighted by Crippen LogP contribution is -2.40. The van der Waals surface area contributed by atoms with Crippen LogP contribution in [-0.4, -0.2) is 40.1 Å². The molecular weight excluding hydrogens is 216 g/mol. The molecule has 0 spiro atoms. The van der Waals surface area contributed by atoms with Crippen molar-refractivity contribution in [1.29, 1.82) is 0 Å². The number of hydrogen-bond acceptors (Lipinski definition) is 3. The van der Waals surface area contributed by atoms with Gasteiger partial charge in [0.25, 0.3) is 5.91 Å². The van der Waals surface area contributed by atoms with Gasteiger partial charge in [0.1, 0.15) is 0 Å². The maximum Gasteiger partial charge on any atom is 0.254 e. The quantitative estimate of drug-likeness (QED) is 0.861. The zero-order chi connectivity index (χ0) is 13.1. The van der Waals surface area contributed by atoms with Gasteiger partial charge in [-0.15, -0.1) is 0 Å². The first-order chi connectivity index (χ1) is 7.85. The van der Waals surface area contributed by atoms with E-state index in [1.165, 1.54) is 4.90 Å². The maximum absolute atomic E-state index is 12.2. The van der Waals surface area contributed by atoms with Crippen LogP contribution in [0.2, 0.25) is 0 Å². The summed E-state index contributed by atoms with van der Waals surface area (Å²) in [5.41, 5.74) is 0.707. The van der Waals surface area contributed by atoms with Crippen LogP contribution in [0.5, 0.6) is 0 Å². The monoisotopic (exact) mass is 236 g/mol. The molecule has 0 fully saturated rings. The van der Waals surface area contributed by atoms with E-state index in [1.54, 1.807) is 39.4 Å². The molecule has 1 rings (SSSR count). The average molecular weight is 236 g/mol. The van der Waals surface area contributed by atoms with Crippen molar-refractivity contribution >= 4 is 5.91 Å². The molecule has 0 aliphatic heterocycles. The molecule has 0 saturated carbocycles. The van der Waals surface area contributed by atoms with Gasteiger partial charge in [0.2, 0.25) is 0 Å². The van der Waals surface area contributed by atoms with Crippen LogP contribution in [0.4, 0.5) is 0 Å². The molecule has 0 aromatic carbocycles. The Balaban J connectivity index is 2.89. The van der Waals surface area contributed by atoms with Crippen LogP contribution in [0.25, 0.3) is 0 Å². The molecule has 1 N–H and O–H groups in total. The van der Waals surface area contributed by atoms with Crippen molar-refractivity contribution in [1.82, 2.24) is 9.88 Å². The van der Waals surface area contributed by atoms with E-state index in [4.69, 9.17) is 0 Å². The number of amides is 1. The fourth-order valence-corrected chi connectivity index (χ4v) is 1.78. The van der Waals surface area contributed by atoms with Gasteiger partial charge in [0, 0.05) is 31.5 Å². The van der Waals surface area contributed by atoms with Crippen molar-refractivity contribution in [3.8, 4) is 0 Å². The lowest BCUT2D eigenvalue weighted by molar-refractivity contribution is 0.0367. The van der Waals surface area contributed by atoms with Gasteiger partial charge in [-0.1, -0.05) is 6.92 Å². The molecule has 17 heavy (non-hydrogen) atoms. The summed E-state index contributed by atoms with van der Waals surface area (Å²) in [5, 5.41) is 9.70. The summed E-state index contributed by atoms with van der Waals surface area (Å²) in [5.74, 6) is -0.0774. The third-order valence-electron chi connectivity index (χ3n) is 2.49. The van der Waals surface area contributed by atoms with Crippen LogP contribution >= 0.6 is 0 Å². The summed E-state index contributed by atoms with van der Waals surface area (Å²) in [4.78, 5) is 17.7. The van der Waals surface area contributed by atoms with Gasteiger partial charge in [-0.05, 0) is 31.9 Å². The molecule has 0 atom stereocenters. The second-order valence-corrected chi connectivity index (χ2v) is 4.86. The maximum atomic E-state index is 12.2. The molecule has 1 amide bonds. The highest BCUT2D eigenvalue weighted by atomic mass is 16.3. The predicted octanol–water partition coefficient (Wildman–Crippen LogP) is 1.49. The van der Waals surface area contributed by atoms with Crippen molar-refractivity contribution in [3.05, 3.63) is 29.6 Å². The van der Waals surface area contributed by atoms with Gasteiger partial charge in [-0.25, -0.2) is 0 Å². The Hall–Kier alpha value is -1.42. The standard InChI is InChI=1S/C13H20N2O2/c1-5-10-8-14-7-6-11(10)12(16)15(4)9-13(2,3)17/h6-8,17H,5,9H2,1-4H3. The van der Waals surface area contributed by atoms with Crippen molar-refractivity contribution in [2.45, 2.75) is 32.8 Å². The lowest BCUT2D eigenvalue weighted by atomic mass is 10.1. The molecule has 0 aliphatic carbocycles. The minimum Gasteiger partial charge on any atom is -0.389 e. The molecule has 1 aromatic rings. The molecule has 94 valence electrons. The number of carbonyl (C=O) groups is 1. The predicted molar refractivity (Wildman–Crippen MR) is 66.9 cm³/mol. The highest BCUT2D eigenvalue weighted by Crippen LogP contribution is 2.12. The van der Waals surface area contributed by atoms with Gasteiger partial charge in [0.15, 0.2) is 0 Å². The van der Waals surface area contributed by atoms with E-state index in [9.17, 15) is 9.90 Å². The molecule has 4 heteroatoms. The summed E-state index contributed by atoms with van der Waals surface area (Å²) in [7, 11) is 1.69. The minimum absolute atomic E-state index is 0.0774. The first-order valence-electron chi connectivity index (χ1n) is 5.76. The number of aliphatic hydroxyl groups is 1. The topological polar surface area (TPSA) is 53.4 Å². The average Bonchev–Trinajstić information content (AvgIpc) is 2.25. The molecule has 0 unspecified atom stereocenters. The molecule has 4 nitrogen and oxygen atoms in total. The van der Waals surface area contributed by atoms with E-state index in [1.807, 2.05) is 6.92 Å². The largest absolute Gasteiger partial charge is 0.389 e. The normalized spacial score (nSPS) is 11.4. The number of rotatable bonds is 4. The van der Waals surface area contributed by atoms with Crippen molar-refractivity contribution in [3.63, 3.8) is 0 Å². The lowest BCUT2D eigenvalue weighted by Gasteiger charge is -2.26. The van der Waals surface area contributed by atoms with E-state index >= 15 is 0 Å². The van der Waals surface area contributed by atoms with E-state index in [0.29, 0.717) is 12.1 Å². The summed E-state index contributed by atoms with van der Waals surface area (Å²) in [6, 6.07) is 1.72. The van der Waals surface area contributed by atoms with Crippen LogP contribution in [0.15, 0.2) is 18.5 Å². The number of likely N-dealkylation sites (N-methyl/N-ethyl adjacent to an activating group) is 1. The fourth-order valence-electron chi connectivity index (χ4n) is 1.78. The number of aryl methyl sites for hydroxylation is 1. The van der Waals surface area contributed by atoms with Crippen LogP contribution in [0.1, 0.15) is 36.7 Å². The Labute approximate surface area is 102 Å². The van der Waals surface area contributed by atoms with Gasteiger partial charge < -0.3 is 10.0 Å². The number of nitrogens with zero attached hydrogens (tertiary/aromatic N) is 2. The van der Waals surface area contributed by atoms with Gasteiger partial charge >= 0.3 is 0 Å². The summed E-state index contributed by atoms with van der Waals surface area (Å²) >= 11 is 0. The first kappa shape index (κ1) is 13.6. The molecule has 1 heterocycles. The molecular formula is C13H20N2O2. The number of carbonyl (C=O) groups excluding carboxylic acids is 1. The van der Waals surface area contributed by atoms with E-state index < -0.39 is 5.60 Å². The summed E-state index contributed by atoms with van der Waals surface area (Å²) in [6.45, 7) is 5.66. The minimum atomic E-state index is -0.885. The highest BCUT2D eigenvalue weighted by molar-refractivity contribution is 5.95. The van der Waals surface area contributed by atoms with Crippen LogP contribution in [0.3, 0.4) is 0 Å². The highest BCUT2D eigenvalue weighted by Gasteiger charge is 2.21. The third kappa shape index (κ3) is 3.82. The van der Waals surface area contributed by atoms with Gasteiger partial charge in [0.05, 0.1) is 5.60 Å².